The van der Waals surface area contributed by atoms with Gasteiger partial charge in [-0.05, 0) is 42.8 Å². The van der Waals surface area contributed by atoms with E-state index in [2.05, 4.69) is 0 Å². The molecule has 1 fully saturated rings. The fraction of sp³-hybridized carbons (Fsp3) is 0.300. The lowest BCUT2D eigenvalue weighted by molar-refractivity contribution is -0.139. The number of rotatable bonds is 5. The average Bonchev–Trinajstić information content (AvgIpc) is 2.66. The molecule has 1 amide bonds. The van der Waals surface area contributed by atoms with Gasteiger partial charge in [-0.2, -0.15) is 0 Å². The summed E-state index contributed by atoms with van der Waals surface area (Å²) < 4.78 is 24.2. The summed E-state index contributed by atoms with van der Waals surface area (Å²) in [6.07, 6.45) is -0.520. The molecule has 6 nitrogen and oxygen atoms in total. The molecule has 27 heavy (non-hydrogen) atoms. The van der Waals surface area contributed by atoms with Crippen LogP contribution in [0.2, 0.25) is 0 Å². The summed E-state index contributed by atoms with van der Waals surface area (Å²) in [5, 5.41) is 8.70. The number of hydrogen-bond donors (Lipinski definition) is 1. The minimum atomic E-state index is -1.09. The largest absolute Gasteiger partial charge is 0.482 e. The molecule has 0 saturated carbocycles. The number of carboxylic acid groups (broad SMARTS) is 1. The first-order chi connectivity index (χ1) is 12.9. The fourth-order valence-electron chi connectivity index (χ4n) is 3.03. The highest BCUT2D eigenvalue weighted by Gasteiger charge is 2.30. The first kappa shape index (κ1) is 18.8. The summed E-state index contributed by atoms with van der Waals surface area (Å²) in [5.41, 5.74) is 1.21. The van der Waals surface area contributed by atoms with Crippen LogP contribution in [0.4, 0.5) is 4.39 Å². The van der Waals surface area contributed by atoms with Crippen molar-refractivity contribution < 1.29 is 28.6 Å². The van der Waals surface area contributed by atoms with Gasteiger partial charge in [0.1, 0.15) is 17.7 Å². The molecule has 2 aromatic carbocycles. The Morgan fingerprint density at radius 2 is 1.96 bits per heavy atom. The average molecular weight is 373 g/mol. The Labute approximate surface area is 156 Å². The van der Waals surface area contributed by atoms with E-state index in [1.165, 1.54) is 18.2 Å². The molecule has 0 aromatic heterocycles. The van der Waals surface area contributed by atoms with Crippen molar-refractivity contribution in [2.24, 2.45) is 0 Å². The van der Waals surface area contributed by atoms with E-state index in [1.54, 1.807) is 35.2 Å². The van der Waals surface area contributed by atoms with Crippen molar-refractivity contribution >= 4 is 11.9 Å². The van der Waals surface area contributed by atoms with Crippen molar-refractivity contribution in [1.82, 2.24) is 4.90 Å². The second kappa shape index (κ2) is 8.18. The van der Waals surface area contributed by atoms with E-state index < -0.39 is 12.6 Å². The number of hydrogen-bond acceptors (Lipinski definition) is 4. The maximum absolute atomic E-state index is 13.2. The first-order valence-corrected chi connectivity index (χ1v) is 8.57. The van der Waals surface area contributed by atoms with E-state index in [0.717, 1.165) is 5.56 Å². The predicted octanol–water partition coefficient (Wildman–Crippen LogP) is 2.89. The van der Waals surface area contributed by atoms with E-state index in [1.807, 2.05) is 6.92 Å². The number of carboxylic acids is 1. The number of morpholine rings is 1. The fourth-order valence-corrected chi connectivity index (χ4v) is 3.03. The number of carbonyl (C=O) groups excluding carboxylic acids is 1. The highest BCUT2D eigenvalue weighted by Crippen LogP contribution is 2.27. The van der Waals surface area contributed by atoms with E-state index in [4.69, 9.17) is 14.6 Å². The Hall–Kier alpha value is -2.93. The third-order valence-electron chi connectivity index (χ3n) is 4.23. The molecule has 142 valence electrons. The lowest BCUT2D eigenvalue weighted by Gasteiger charge is -2.37. The van der Waals surface area contributed by atoms with Crippen molar-refractivity contribution in [3.63, 3.8) is 0 Å². The first-order valence-electron chi connectivity index (χ1n) is 8.57. The molecule has 1 aliphatic heterocycles. The van der Waals surface area contributed by atoms with Crippen LogP contribution < -0.4 is 4.74 Å². The van der Waals surface area contributed by atoms with Crippen molar-refractivity contribution in [3.05, 3.63) is 65.5 Å². The van der Waals surface area contributed by atoms with Gasteiger partial charge in [0.2, 0.25) is 0 Å². The molecule has 0 spiro atoms. The molecule has 1 saturated heterocycles. The number of carbonyl (C=O) groups is 2. The van der Waals surface area contributed by atoms with Crippen LogP contribution in [-0.4, -0.2) is 47.7 Å². The second-order valence-corrected chi connectivity index (χ2v) is 6.41. The van der Waals surface area contributed by atoms with Gasteiger partial charge in [0, 0.05) is 12.1 Å². The lowest BCUT2D eigenvalue weighted by atomic mass is 10.1. The van der Waals surface area contributed by atoms with E-state index in [9.17, 15) is 14.0 Å². The molecule has 0 aliphatic carbocycles. The summed E-state index contributed by atoms with van der Waals surface area (Å²) >= 11 is 0. The molecular weight excluding hydrogens is 353 g/mol. The minimum Gasteiger partial charge on any atom is -0.482 e. The van der Waals surface area contributed by atoms with Crippen LogP contribution in [0.5, 0.6) is 5.75 Å². The van der Waals surface area contributed by atoms with E-state index in [-0.39, 0.29) is 23.9 Å². The highest BCUT2D eigenvalue weighted by atomic mass is 19.1. The second-order valence-electron chi connectivity index (χ2n) is 6.41. The number of benzene rings is 2. The van der Waals surface area contributed by atoms with Gasteiger partial charge in [-0.1, -0.05) is 18.2 Å². The zero-order chi connectivity index (χ0) is 19.4. The van der Waals surface area contributed by atoms with Gasteiger partial charge < -0.3 is 19.5 Å². The SMILES string of the molecule is CC1CN(C(=O)c2cccc(OCC(=O)O)c2)CC(c2ccc(F)cc2)O1. The highest BCUT2D eigenvalue weighted by molar-refractivity contribution is 5.94. The predicted molar refractivity (Wildman–Crippen MR) is 95.2 cm³/mol. The molecule has 3 rings (SSSR count). The zero-order valence-electron chi connectivity index (χ0n) is 14.8. The Morgan fingerprint density at radius 1 is 1.22 bits per heavy atom. The van der Waals surface area contributed by atoms with Gasteiger partial charge >= 0.3 is 5.97 Å². The maximum atomic E-state index is 13.2. The Bertz CT molecular complexity index is 823. The Balaban J connectivity index is 1.74. The quantitative estimate of drug-likeness (QED) is 0.872. The molecule has 0 bridgehead atoms. The minimum absolute atomic E-state index is 0.177. The molecule has 1 aliphatic rings. The van der Waals surface area contributed by atoms with Crippen molar-refractivity contribution in [3.8, 4) is 5.75 Å². The molecule has 2 unspecified atom stereocenters. The third kappa shape index (κ3) is 4.83. The maximum Gasteiger partial charge on any atom is 0.341 e. The summed E-state index contributed by atoms with van der Waals surface area (Å²) in [6.45, 7) is 2.17. The van der Waals surface area contributed by atoms with Crippen LogP contribution in [0.15, 0.2) is 48.5 Å². The molecule has 7 heteroatoms. The number of aliphatic carboxylic acids is 1. The van der Waals surface area contributed by atoms with Gasteiger partial charge in [-0.3, -0.25) is 4.79 Å². The summed E-state index contributed by atoms with van der Waals surface area (Å²) in [5.74, 6) is -1.29. The van der Waals surface area contributed by atoms with E-state index in [0.29, 0.717) is 24.4 Å². The topological polar surface area (TPSA) is 76.1 Å². The Kier molecular flexibility index (Phi) is 5.71. The van der Waals surface area contributed by atoms with Crippen LogP contribution in [0.3, 0.4) is 0 Å². The van der Waals surface area contributed by atoms with E-state index >= 15 is 0 Å². The molecule has 1 N–H and O–H groups in total. The van der Waals surface area contributed by atoms with Gasteiger partial charge in [0.25, 0.3) is 5.91 Å². The molecule has 2 atom stereocenters. The van der Waals surface area contributed by atoms with Crippen molar-refractivity contribution in [2.75, 3.05) is 19.7 Å². The summed E-state index contributed by atoms with van der Waals surface area (Å²) in [7, 11) is 0. The van der Waals surface area contributed by atoms with Crippen LogP contribution in [0.25, 0.3) is 0 Å². The van der Waals surface area contributed by atoms with Crippen LogP contribution >= 0.6 is 0 Å². The third-order valence-corrected chi connectivity index (χ3v) is 4.23. The normalized spacial score (nSPS) is 19.6. The Morgan fingerprint density at radius 3 is 2.67 bits per heavy atom. The number of halogens is 1. The van der Waals surface area contributed by atoms with Gasteiger partial charge in [-0.25, -0.2) is 9.18 Å². The van der Waals surface area contributed by atoms with Crippen LogP contribution in [0, 0.1) is 5.82 Å². The summed E-state index contributed by atoms with van der Waals surface area (Å²) in [6, 6.07) is 12.5. The van der Waals surface area contributed by atoms with Crippen LogP contribution in [0.1, 0.15) is 28.9 Å². The zero-order valence-corrected chi connectivity index (χ0v) is 14.8. The molecular formula is C20H20FNO5. The number of ether oxygens (including phenoxy) is 2. The summed E-state index contributed by atoms with van der Waals surface area (Å²) in [4.78, 5) is 25.2. The molecule has 1 heterocycles. The monoisotopic (exact) mass is 373 g/mol. The standard InChI is InChI=1S/C20H20FNO5/c1-13-10-22(11-18(27-13)14-5-7-16(21)8-6-14)20(25)15-3-2-4-17(9-15)26-12-19(23)24/h2-9,13,18H,10-12H2,1H3,(H,23,24). The van der Waals surface area contributed by atoms with Gasteiger partial charge in [0.05, 0.1) is 12.6 Å². The lowest BCUT2D eigenvalue weighted by Crippen LogP contribution is -2.46. The van der Waals surface area contributed by atoms with Crippen LogP contribution in [-0.2, 0) is 9.53 Å². The van der Waals surface area contributed by atoms with Gasteiger partial charge in [-0.15, -0.1) is 0 Å². The molecule has 2 aromatic rings. The number of amides is 1. The number of nitrogens with zero attached hydrogens (tertiary/aromatic N) is 1. The smallest absolute Gasteiger partial charge is 0.341 e. The van der Waals surface area contributed by atoms with Crippen molar-refractivity contribution in [1.29, 1.82) is 0 Å². The van der Waals surface area contributed by atoms with Gasteiger partial charge in [0.15, 0.2) is 6.61 Å². The van der Waals surface area contributed by atoms with Crippen molar-refractivity contribution in [2.45, 2.75) is 19.1 Å². The molecule has 0 radical (unpaired) electrons.